The third-order valence-electron chi connectivity index (χ3n) is 6.09. The molecule has 1 amide bonds. The minimum atomic E-state index is -0.661. The summed E-state index contributed by atoms with van der Waals surface area (Å²) >= 11 is 6.07. The quantitative estimate of drug-likeness (QED) is 0.410. The van der Waals surface area contributed by atoms with Gasteiger partial charge in [-0.25, -0.2) is 4.98 Å². The number of H-pyrrole nitrogens is 1. The van der Waals surface area contributed by atoms with E-state index in [-0.39, 0.29) is 17.4 Å². The molecule has 3 N–H and O–H groups in total. The number of nitrogens with one attached hydrogen (secondary N) is 2. The number of aliphatic hydroxyl groups excluding tert-OH is 1. The van der Waals surface area contributed by atoms with Gasteiger partial charge >= 0.3 is 0 Å². The average Bonchev–Trinajstić information content (AvgIpc) is 3.30. The molecule has 0 radical (unpaired) electrons. The number of fused-ring (bicyclic) bond motifs is 1. The van der Waals surface area contributed by atoms with Gasteiger partial charge in [-0.1, -0.05) is 41.9 Å². The van der Waals surface area contributed by atoms with Crippen LogP contribution in [0.5, 0.6) is 0 Å². The molecule has 1 fully saturated rings. The number of aromatic nitrogens is 2. The maximum atomic E-state index is 13.3. The van der Waals surface area contributed by atoms with Crippen LogP contribution in [0.1, 0.15) is 33.9 Å². The summed E-state index contributed by atoms with van der Waals surface area (Å²) in [6.45, 7) is 1.26. The SMILES string of the molecule is O=C(NC(c1ccccc1)c1c[nH]c2cc(Cl)ccc2c1=O)c1ccc(N2CC[C@H](O)C2)nc1. The molecule has 0 saturated carbocycles. The van der Waals surface area contributed by atoms with E-state index in [1.54, 1.807) is 36.5 Å². The first-order valence-electron chi connectivity index (χ1n) is 11.1. The summed E-state index contributed by atoms with van der Waals surface area (Å²) in [5.41, 5.74) is 2.04. The lowest BCUT2D eigenvalue weighted by atomic mass is 9.98. The first kappa shape index (κ1) is 22.1. The van der Waals surface area contributed by atoms with E-state index >= 15 is 0 Å². The van der Waals surface area contributed by atoms with Gasteiger partial charge in [-0.2, -0.15) is 0 Å². The van der Waals surface area contributed by atoms with E-state index in [1.807, 2.05) is 35.2 Å². The van der Waals surface area contributed by atoms with Gasteiger partial charge in [-0.3, -0.25) is 9.59 Å². The van der Waals surface area contributed by atoms with Crippen LogP contribution in [0.3, 0.4) is 0 Å². The average molecular weight is 475 g/mol. The molecule has 8 heteroatoms. The lowest BCUT2D eigenvalue weighted by Gasteiger charge is -2.20. The molecule has 1 aliphatic rings. The fraction of sp³-hybridized carbons (Fsp3) is 0.192. The molecule has 2 aromatic carbocycles. The highest BCUT2D eigenvalue weighted by Gasteiger charge is 2.24. The summed E-state index contributed by atoms with van der Waals surface area (Å²) in [5, 5.41) is 13.8. The molecule has 2 aromatic heterocycles. The molecule has 4 aromatic rings. The lowest BCUT2D eigenvalue weighted by molar-refractivity contribution is 0.0942. The van der Waals surface area contributed by atoms with Crippen molar-refractivity contribution in [2.45, 2.75) is 18.6 Å². The van der Waals surface area contributed by atoms with Crippen LogP contribution in [0.4, 0.5) is 5.82 Å². The second-order valence-corrected chi connectivity index (χ2v) is 8.81. The second-order valence-electron chi connectivity index (χ2n) is 8.37. The van der Waals surface area contributed by atoms with Crippen LogP contribution in [-0.4, -0.2) is 40.2 Å². The van der Waals surface area contributed by atoms with E-state index in [4.69, 9.17) is 11.6 Å². The van der Waals surface area contributed by atoms with Crippen molar-refractivity contribution in [2.75, 3.05) is 18.0 Å². The Morgan fingerprint density at radius 2 is 2.00 bits per heavy atom. The number of amides is 1. The minimum absolute atomic E-state index is 0.180. The first-order valence-corrected chi connectivity index (χ1v) is 11.4. The number of β-amino-alcohol motifs (C(OH)–C–C–N with tert-alkyl or cyclic N) is 1. The Bertz CT molecular complexity index is 1390. The summed E-state index contributed by atoms with van der Waals surface area (Å²) < 4.78 is 0. The van der Waals surface area contributed by atoms with Crippen LogP contribution in [0.25, 0.3) is 10.9 Å². The highest BCUT2D eigenvalue weighted by atomic mass is 35.5. The van der Waals surface area contributed by atoms with Gasteiger partial charge in [0.05, 0.1) is 23.2 Å². The number of rotatable bonds is 5. The van der Waals surface area contributed by atoms with Gasteiger partial charge in [0.1, 0.15) is 5.82 Å². The fourth-order valence-corrected chi connectivity index (χ4v) is 4.45. The Labute approximate surface area is 201 Å². The van der Waals surface area contributed by atoms with Crippen molar-refractivity contribution in [1.82, 2.24) is 15.3 Å². The van der Waals surface area contributed by atoms with Crippen LogP contribution >= 0.6 is 11.6 Å². The molecule has 2 atom stereocenters. The van der Waals surface area contributed by atoms with Gasteiger partial charge in [0.15, 0.2) is 5.43 Å². The predicted octanol–water partition coefficient (Wildman–Crippen LogP) is 3.67. The van der Waals surface area contributed by atoms with Crippen molar-refractivity contribution >= 4 is 34.2 Å². The molecule has 0 spiro atoms. The maximum Gasteiger partial charge on any atom is 0.253 e. The minimum Gasteiger partial charge on any atom is -0.391 e. The van der Waals surface area contributed by atoms with Gasteiger partial charge in [0, 0.05) is 41.5 Å². The van der Waals surface area contributed by atoms with Gasteiger partial charge in [0.2, 0.25) is 0 Å². The maximum absolute atomic E-state index is 13.3. The number of halogens is 1. The molecular weight excluding hydrogens is 452 g/mol. The molecule has 1 unspecified atom stereocenters. The van der Waals surface area contributed by atoms with E-state index in [0.717, 1.165) is 17.9 Å². The largest absolute Gasteiger partial charge is 0.391 e. The Balaban J connectivity index is 1.46. The third kappa shape index (κ3) is 4.40. The Morgan fingerprint density at radius 1 is 1.18 bits per heavy atom. The molecule has 5 rings (SSSR count). The summed E-state index contributed by atoms with van der Waals surface area (Å²) in [5.74, 6) is 0.377. The number of nitrogens with zero attached hydrogens (tertiary/aromatic N) is 2. The number of hydrogen-bond acceptors (Lipinski definition) is 5. The molecular formula is C26H23ClN4O3. The zero-order chi connectivity index (χ0) is 23.7. The van der Waals surface area contributed by atoms with E-state index < -0.39 is 6.04 Å². The fourth-order valence-electron chi connectivity index (χ4n) is 4.28. The molecule has 3 heterocycles. The number of benzene rings is 2. The number of pyridine rings is 2. The standard InChI is InChI=1S/C26H23ClN4O3/c27-18-7-8-20-22(12-18)28-14-21(25(20)33)24(16-4-2-1-3-5-16)30-26(34)17-6-9-23(29-13-17)31-11-10-19(32)15-31/h1-9,12-14,19,24,32H,10-11,15H2,(H,28,33)(H,30,34)/t19-,24?/m0/s1. The van der Waals surface area contributed by atoms with Crippen molar-refractivity contribution in [3.63, 3.8) is 0 Å². The number of anilines is 1. The summed E-state index contributed by atoms with van der Waals surface area (Å²) in [6, 6.07) is 17.2. The first-order chi connectivity index (χ1) is 16.5. The van der Waals surface area contributed by atoms with Crippen LogP contribution in [-0.2, 0) is 0 Å². The summed E-state index contributed by atoms with van der Waals surface area (Å²) in [4.78, 5) is 36.0. The van der Waals surface area contributed by atoms with E-state index in [2.05, 4.69) is 15.3 Å². The van der Waals surface area contributed by atoms with Crippen LogP contribution in [0, 0.1) is 0 Å². The molecule has 172 valence electrons. The van der Waals surface area contributed by atoms with Crippen molar-refractivity contribution in [3.05, 3.63) is 105 Å². The third-order valence-corrected chi connectivity index (χ3v) is 6.32. The number of aromatic amines is 1. The Morgan fingerprint density at radius 3 is 2.71 bits per heavy atom. The molecule has 7 nitrogen and oxygen atoms in total. The number of hydrogen-bond donors (Lipinski definition) is 3. The van der Waals surface area contributed by atoms with Gasteiger partial charge in [0.25, 0.3) is 5.91 Å². The smallest absolute Gasteiger partial charge is 0.253 e. The van der Waals surface area contributed by atoms with E-state index in [9.17, 15) is 14.7 Å². The number of carbonyl (C=O) groups is 1. The normalized spacial score (nSPS) is 16.5. The van der Waals surface area contributed by atoms with Crippen molar-refractivity contribution in [3.8, 4) is 0 Å². The lowest BCUT2D eigenvalue weighted by Crippen LogP contribution is -2.32. The molecule has 1 saturated heterocycles. The van der Waals surface area contributed by atoms with Crippen molar-refractivity contribution in [2.24, 2.45) is 0 Å². The molecule has 34 heavy (non-hydrogen) atoms. The van der Waals surface area contributed by atoms with Crippen LogP contribution in [0.2, 0.25) is 5.02 Å². The van der Waals surface area contributed by atoms with Gasteiger partial charge in [-0.05, 0) is 42.3 Å². The zero-order valence-corrected chi connectivity index (χ0v) is 19.0. The van der Waals surface area contributed by atoms with E-state index in [1.165, 1.54) is 6.20 Å². The summed E-state index contributed by atoms with van der Waals surface area (Å²) in [6.07, 6.45) is 3.49. The molecule has 0 bridgehead atoms. The van der Waals surface area contributed by atoms with Crippen molar-refractivity contribution in [1.29, 1.82) is 0 Å². The highest BCUT2D eigenvalue weighted by molar-refractivity contribution is 6.31. The van der Waals surface area contributed by atoms with Gasteiger partial charge in [-0.15, -0.1) is 0 Å². The van der Waals surface area contributed by atoms with Crippen LogP contribution in [0.15, 0.2) is 77.9 Å². The van der Waals surface area contributed by atoms with Crippen molar-refractivity contribution < 1.29 is 9.90 Å². The Kier molecular flexibility index (Phi) is 6.04. The predicted molar refractivity (Wildman–Crippen MR) is 132 cm³/mol. The zero-order valence-electron chi connectivity index (χ0n) is 18.2. The molecule has 0 aliphatic carbocycles. The van der Waals surface area contributed by atoms with Crippen LogP contribution < -0.4 is 15.6 Å². The highest BCUT2D eigenvalue weighted by Crippen LogP contribution is 2.23. The topological polar surface area (TPSA) is 98.3 Å². The molecule has 1 aliphatic heterocycles. The second kappa shape index (κ2) is 9.29. The van der Waals surface area contributed by atoms with E-state index in [0.29, 0.717) is 40.0 Å². The summed E-state index contributed by atoms with van der Waals surface area (Å²) in [7, 11) is 0. The van der Waals surface area contributed by atoms with Gasteiger partial charge < -0.3 is 20.3 Å². The number of carbonyl (C=O) groups excluding carboxylic acids is 1. The Hall–Kier alpha value is -3.68. The monoisotopic (exact) mass is 474 g/mol. The number of aliphatic hydroxyl groups is 1.